The number of carbonyl (C=O) groups excluding carboxylic acids is 1. The van der Waals surface area contributed by atoms with Gasteiger partial charge in [-0.15, -0.1) is 11.3 Å². The van der Waals surface area contributed by atoms with Gasteiger partial charge in [0.25, 0.3) is 0 Å². The first-order valence-corrected chi connectivity index (χ1v) is 10.2. The Morgan fingerprint density at radius 3 is 2.52 bits per heavy atom. The number of hydrogen-bond acceptors (Lipinski definition) is 6. The van der Waals surface area contributed by atoms with E-state index in [1.54, 1.807) is 24.3 Å². The largest absolute Gasteiger partial charge is 0.457 e. The highest BCUT2D eigenvalue weighted by molar-refractivity contribution is 7.18. The molecule has 0 unspecified atom stereocenters. The average Bonchev–Trinajstić information content (AvgIpc) is 3.25. The molecule has 1 aliphatic heterocycles. The number of nitriles is 1. The fraction of sp³-hybridized carbons (Fsp3) is 0.217. The van der Waals surface area contributed by atoms with Crippen LogP contribution in [-0.2, 0) is 16.1 Å². The van der Waals surface area contributed by atoms with Crippen molar-refractivity contribution in [2.75, 3.05) is 31.2 Å². The SMILES string of the molecule is N#Cc1ccc(COC(=O)c2cc(-c3ccccc3)c(N3CCOCC3)s2)cc1. The molecule has 3 aromatic rings. The second-order valence-electron chi connectivity index (χ2n) is 6.68. The molecule has 0 aliphatic carbocycles. The van der Waals surface area contributed by atoms with Crippen LogP contribution in [0.15, 0.2) is 60.7 Å². The molecule has 1 fully saturated rings. The van der Waals surface area contributed by atoms with Crippen molar-refractivity contribution < 1.29 is 14.3 Å². The fourth-order valence-electron chi connectivity index (χ4n) is 3.20. The van der Waals surface area contributed by atoms with Crippen LogP contribution in [0, 0.1) is 11.3 Å². The summed E-state index contributed by atoms with van der Waals surface area (Å²) in [6.07, 6.45) is 0. The van der Waals surface area contributed by atoms with Gasteiger partial charge >= 0.3 is 5.97 Å². The van der Waals surface area contributed by atoms with Crippen LogP contribution in [0.1, 0.15) is 20.8 Å². The van der Waals surface area contributed by atoms with E-state index in [0.717, 1.165) is 34.8 Å². The Balaban J connectivity index is 1.55. The van der Waals surface area contributed by atoms with E-state index in [1.165, 1.54) is 11.3 Å². The minimum atomic E-state index is -0.337. The van der Waals surface area contributed by atoms with Gasteiger partial charge in [-0.05, 0) is 29.3 Å². The van der Waals surface area contributed by atoms with Crippen molar-refractivity contribution in [1.82, 2.24) is 0 Å². The Bertz CT molecular complexity index is 1020. The minimum absolute atomic E-state index is 0.177. The number of morpholine rings is 1. The lowest BCUT2D eigenvalue weighted by atomic mass is 10.1. The molecule has 0 radical (unpaired) electrons. The number of hydrogen-bond donors (Lipinski definition) is 0. The van der Waals surface area contributed by atoms with Crippen LogP contribution in [0.5, 0.6) is 0 Å². The van der Waals surface area contributed by atoms with E-state index in [-0.39, 0.29) is 12.6 Å². The summed E-state index contributed by atoms with van der Waals surface area (Å²) in [6.45, 7) is 3.16. The van der Waals surface area contributed by atoms with Crippen molar-refractivity contribution in [3.63, 3.8) is 0 Å². The van der Waals surface area contributed by atoms with Gasteiger partial charge < -0.3 is 14.4 Å². The maximum atomic E-state index is 12.7. The molecule has 0 spiro atoms. The van der Waals surface area contributed by atoms with Gasteiger partial charge in [0.15, 0.2) is 0 Å². The van der Waals surface area contributed by atoms with Crippen LogP contribution < -0.4 is 4.90 Å². The molecule has 0 atom stereocenters. The van der Waals surface area contributed by atoms with Crippen molar-refractivity contribution in [3.8, 4) is 17.2 Å². The van der Waals surface area contributed by atoms with Crippen LogP contribution in [0.4, 0.5) is 5.00 Å². The first kappa shape index (κ1) is 19.2. The molecule has 2 heterocycles. The third kappa shape index (κ3) is 4.48. The Labute approximate surface area is 173 Å². The predicted octanol–water partition coefficient (Wildman–Crippen LogP) is 4.48. The summed E-state index contributed by atoms with van der Waals surface area (Å²) in [5, 5.41) is 9.95. The molecule has 0 N–H and O–H groups in total. The molecule has 4 rings (SSSR count). The van der Waals surface area contributed by atoms with Crippen LogP contribution in [0.25, 0.3) is 11.1 Å². The van der Waals surface area contributed by atoms with Crippen molar-refractivity contribution in [2.24, 2.45) is 0 Å². The molecule has 29 heavy (non-hydrogen) atoms. The topological polar surface area (TPSA) is 62.6 Å². The highest BCUT2D eigenvalue weighted by Gasteiger charge is 2.22. The van der Waals surface area contributed by atoms with E-state index in [0.29, 0.717) is 23.7 Å². The quantitative estimate of drug-likeness (QED) is 0.587. The second-order valence-corrected chi connectivity index (χ2v) is 7.71. The van der Waals surface area contributed by atoms with Crippen molar-refractivity contribution in [3.05, 3.63) is 76.7 Å². The zero-order valence-electron chi connectivity index (χ0n) is 15.8. The maximum absolute atomic E-state index is 12.7. The van der Waals surface area contributed by atoms with Gasteiger partial charge in [-0.3, -0.25) is 0 Å². The highest BCUT2D eigenvalue weighted by Crippen LogP contribution is 2.39. The van der Waals surface area contributed by atoms with Crippen LogP contribution in [-0.4, -0.2) is 32.3 Å². The summed E-state index contributed by atoms with van der Waals surface area (Å²) in [7, 11) is 0. The number of esters is 1. The number of ether oxygens (including phenoxy) is 2. The van der Waals surface area contributed by atoms with E-state index in [1.807, 2.05) is 24.3 Å². The monoisotopic (exact) mass is 404 g/mol. The van der Waals surface area contributed by atoms with Crippen molar-refractivity contribution >= 4 is 22.3 Å². The molecular formula is C23H20N2O3S. The Hall–Kier alpha value is -3.14. The molecule has 5 nitrogen and oxygen atoms in total. The van der Waals surface area contributed by atoms with Gasteiger partial charge in [-0.2, -0.15) is 5.26 Å². The number of anilines is 1. The average molecular weight is 404 g/mol. The normalized spacial score (nSPS) is 13.7. The van der Waals surface area contributed by atoms with E-state index in [4.69, 9.17) is 14.7 Å². The van der Waals surface area contributed by atoms with Crippen LogP contribution >= 0.6 is 11.3 Å². The summed E-state index contributed by atoms with van der Waals surface area (Å²) in [5.41, 5.74) is 3.56. The lowest BCUT2D eigenvalue weighted by Crippen LogP contribution is -2.35. The molecule has 1 aromatic heterocycles. The van der Waals surface area contributed by atoms with Gasteiger partial charge in [-0.25, -0.2) is 4.79 Å². The van der Waals surface area contributed by atoms with Crippen molar-refractivity contribution in [2.45, 2.75) is 6.61 Å². The molecule has 2 aromatic carbocycles. The highest BCUT2D eigenvalue weighted by atomic mass is 32.1. The minimum Gasteiger partial charge on any atom is -0.457 e. The summed E-state index contributed by atoms with van der Waals surface area (Å²) in [4.78, 5) is 15.6. The molecule has 6 heteroatoms. The third-order valence-corrected chi connectivity index (χ3v) is 5.93. The third-order valence-electron chi connectivity index (χ3n) is 4.75. The van der Waals surface area contributed by atoms with Crippen molar-refractivity contribution in [1.29, 1.82) is 5.26 Å². The van der Waals surface area contributed by atoms with Gasteiger partial charge in [0.1, 0.15) is 11.5 Å². The first-order valence-electron chi connectivity index (χ1n) is 9.43. The smallest absolute Gasteiger partial charge is 0.348 e. The zero-order valence-corrected chi connectivity index (χ0v) is 16.7. The molecule has 1 aliphatic rings. The summed E-state index contributed by atoms with van der Waals surface area (Å²) in [6, 6.07) is 21.1. The second kappa shape index (κ2) is 8.91. The number of thiophene rings is 1. The zero-order chi connectivity index (χ0) is 20.1. The molecule has 0 saturated carbocycles. The van der Waals surface area contributed by atoms with E-state index in [9.17, 15) is 4.79 Å². The summed E-state index contributed by atoms with van der Waals surface area (Å²) in [5.74, 6) is -0.337. The summed E-state index contributed by atoms with van der Waals surface area (Å²) >= 11 is 1.46. The number of rotatable bonds is 5. The predicted molar refractivity (Wildman–Crippen MR) is 113 cm³/mol. The lowest BCUT2D eigenvalue weighted by molar-refractivity contribution is 0.0478. The Kier molecular flexibility index (Phi) is 5.89. The molecule has 0 amide bonds. The Morgan fingerprint density at radius 1 is 1.10 bits per heavy atom. The van der Waals surface area contributed by atoms with E-state index in [2.05, 4.69) is 23.1 Å². The number of benzene rings is 2. The van der Waals surface area contributed by atoms with Crippen LogP contribution in [0.3, 0.4) is 0 Å². The first-order chi connectivity index (χ1) is 14.2. The molecule has 146 valence electrons. The maximum Gasteiger partial charge on any atom is 0.348 e. The van der Waals surface area contributed by atoms with Gasteiger partial charge in [0.05, 0.1) is 29.8 Å². The lowest BCUT2D eigenvalue weighted by Gasteiger charge is -2.28. The molecule has 1 saturated heterocycles. The van der Waals surface area contributed by atoms with Crippen LogP contribution in [0.2, 0.25) is 0 Å². The van der Waals surface area contributed by atoms with Gasteiger partial charge in [0, 0.05) is 18.7 Å². The number of nitrogens with zero attached hydrogens (tertiary/aromatic N) is 2. The fourth-order valence-corrected chi connectivity index (χ4v) is 4.33. The van der Waals surface area contributed by atoms with E-state index >= 15 is 0 Å². The Morgan fingerprint density at radius 2 is 1.83 bits per heavy atom. The summed E-state index contributed by atoms with van der Waals surface area (Å²) < 4.78 is 11.0. The molecule has 0 bridgehead atoms. The van der Waals surface area contributed by atoms with Gasteiger partial charge in [0.2, 0.25) is 0 Å². The standard InChI is InChI=1S/C23H20N2O3S/c24-15-17-6-8-18(9-7-17)16-28-23(26)21-14-20(19-4-2-1-3-5-19)22(29-21)25-10-12-27-13-11-25/h1-9,14H,10-13,16H2. The van der Waals surface area contributed by atoms with E-state index < -0.39 is 0 Å². The van der Waals surface area contributed by atoms with Gasteiger partial charge in [-0.1, -0.05) is 42.5 Å². The number of carbonyl (C=O) groups is 1. The molecular weight excluding hydrogens is 384 g/mol.